The molecule has 0 radical (unpaired) electrons. The molecule has 0 aliphatic carbocycles. The van der Waals surface area contributed by atoms with E-state index in [0.29, 0.717) is 6.54 Å². The second-order valence-corrected chi connectivity index (χ2v) is 5.49. The molecular formula is C18H19NO3. The van der Waals surface area contributed by atoms with Gasteiger partial charge in [-0.15, -0.1) is 0 Å². The summed E-state index contributed by atoms with van der Waals surface area (Å²) in [6, 6.07) is 17.0. The average molecular weight is 297 g/mol. The van der Waals surface area contributed by atoms with Crippen LogP contribution < -0.4 is 4.74 Å². The summed E-state index contributed by atoms with van der Waals surface area (Å²) in [6.45, 7) is 1.41. The topological polar surface area (TPSA) is 49.8 Å². The molecule has 1 aliphatic heterocycles. The van der Waals surface area contributed by atoms with Crippen LogP contribution in [-0.2, 0) is 11.3 Å². The number of rotatable bonds is 5. The highest BCUT2D eigenvalue weighted by molar-refractivity contribution is 5.73. The van der Waals surface area contributed by atoms with E-state index in [9.17, 15) is 9.90 Å². The maximum Gasteiger partial charge on any atom is 0.320 e. The van der Waals surface area contributed by atoms with Gasteiger partial charge in [-0.05, 0) is 37.6 Å². The second kappa shape index (κ2) is 6.62. The molecule has 0 saturated carbocycles. The molecule has 0 bridgehead atoms. The van der Waals surface area contributed by atoms with Gasteiger partial charge in [0.2, 0.25) is 0 Å². The summed E-state index contributed by atoms with van der Waals surface area (Å²) in [5.74, 6) is 0.829. The number of benzene rings is 2. The van der Waals surface area contributed by atoms with Crippen LogP contribution in [0.15, 0.2) is 54.6 Å². The quantitative estimate of drug-likeness (QED) is 0.917. The zero-order valence-electron chi connectivity index (χ0n) is 12.3. The molecule has 3 rings (SSSR count). The summed E-state index contributed by atoms with van der Waals surface area (Å²) in [4.78, 5) is 13.3. The molecule has 22 heavy (non-hydrogen) atoms. The highest BCUT2D eigenvalue weighted by atomic mass is 16.5. The van der Waals surface area contributed by atoms with Crippen molar-refractivity contribution in [3.63, 3.8) is 0 Å². The monoisotopic (exact) mass is 297 g/mol. The Bertz CT molecular complexity index is 642. The molecule has 2 aromatic carbocycles. The van der Waals surface area contributed by atoms with E-state index in [-0.39, 0.29) is 6.04 Å². The predicted molar refractivity (Wildman–Crippen MR) is 84.0 cm³/mol. The van der Waals surface area contributed by atoms with E-state index in [1.165, 1.54) is 0 Å². The van der Waals surface area contributed by atoms with Gasteiger partial charge in [-0.1, -0.05) is 36.4 Å². The standard InChI is InChI=1S/C18H19NO3/c20-18(21)16-10-6-12-19(16)13-14-7-4-5-11-17(14)22-15-8-2-1-3-9-15/h1-5,7-9,11,16H,6,10,12-13H2,(H,20,21)/t16-/m0/s1. The number of carbonyl (C=O) groups is 1. The lowest BCUT2D eigenvalue weighted by molar-refractivity contribution is -0.142. The minimum Gasteiger partial charge on any atom is -0.480 e. The van der Waals surface area contributed by atoms with E-state index in [1.54, 1.807) is 0 Å². The molecule has 0 aromatic heterocycles. The Balaban J connectivity index is 1.78. The minimum absolute atomic E-state index is 0.384. The molecule has 1 saturated heterocycles. The fraction of sp³-hybridized carbons (Fsp3) is 0.278. The smallest absolute Gasteiger partial charge is 0.320 e. The minimum atomic E-state index is -0.737. The summed E-state index contributed by atoms with van der Waals surface area (Å²) in [5.41, 5.74) is 1.01. The van der Waals surface area contributed by atoms with E-state index in [1.807, 2.05) is 59.5 Å². The third kappa shape index (κ3) is 3.28. The van der Waals surface area contributed by atoms with Crippen molar-refractivity contribution in [3.8, 4) is 11.5 Å². The second-order valence-electron chi connectivity index (χ2n) is 5.49. The Morgan fingerprint density at radius 1 is 1.14 bits per heavy atom. The first-order valence-corrected chi connectivity index (χ1v) is 7.52. The van der Waals surface area contributed by atoms with Crippen molar-refractivity contribution < 1.29 is 14.6 Å². The number of ether oxygens (including phenoxy) is 1. The maximum atomic E-state index is 11.3. The average Bonchev–Trinajstić information content (AvgIpc) is 2.99. The van der Waals surface area contributed by atoms with E-state index in [0.717, 1.165) is 36.4 Å². The van der Waals surface area contributed by atoms with E-state index in [4.69, 9.17) is 4.74 Å². The molecule has 114 valence electrons. The Kier molecular flexibility index (Phi) is 4.39. The summed E-state index contributed by atoms with van der Waals surface area (Å²) in [5, 5.41) is 9.29. The van der Waals surface area contributed by atoms with Crippen LogP contribution in [-0.4, -0.2) is 28.6 Å². The third-order valence-corrected chi connectivity index (χ3v) is 3.97. The lowest BCUT2D eigenvalue weighted by Crippen LogP contribution is -2.35. The number of likely N-dealkylation sites (tertiary alicyclic amines) is 1. The van der Waals surface area contributed by atoms with Crippen molar-refractivity contribution in [2.75, 3.05) is 6.54 Å². The number of hydrogen-bond acceptors (Lipinski definition) is 3. The van der Waals surface area contributed by atoms with E-state index >= 15 is 0 Å². The predicted octanol–water partition coefficient (Wildman–Crippen LogP) is 3.53. The SMILES string of the molecule is O=C(O)[C@@H]1CCCN1Cc1ccccc1Oc1ccccc1. The van der Waals surface area contributed by atoms with Crippen LogP contribution in [0.2, 0.25) is 0 Å². The summed E-state index contributed by atoms with van der Waals surface area (Å²) in [7, 11) is 0. The first kappa shape index (κ1) is 14.6. The normalized spacial score (nSPS) is 18.3. The summed E-state index contributed by atoms with van der Waals surface area (Å²) < 4.78 is 5.94. The molecule has 4 heteroatoms. The van der Waals surface area contributed by atoms with Crippen molar-refractivity contribution >= 4 is 5.97 Å². The first-order valence-electron chi connectivity index (χ1n) is 7.52. The van der Waals surface area contributed by atoms with Gasteiger partial charge in [-0.2, -0.15) is 0 Å². The van der Waals surface area contributed by atoms with Gasteiger partial charge >= 0.3 is 5.97 Å². The number of carboxylic acids is 1. The van der Waals surface area contributed by atoms with E-state index in [2.05, 4.69) is 0 Å². The van der Waals surface area contributed by atoms with Crippen LogP contribution in [0, 0.1) is 0 Å². The van der Waals surface area contributed by atoms with Gasteiger partial charge in [0.05, 0.1) is 0 Å². The van der Waals surface area contributed by atoms with Crippen LogP contribution in [0.1, 0.15) is 18.4 Å². The Hall–Kier alpha value is -2.33. The number of nitrogens with zero attached hydrogens (tertiary/aromatic N) is 1. The van der Waals surface area contributed by atoms with Gasteiger partial charge in [0, 0.05) is 12.1 Å². The molecule has 2 aromatic rings. The van der Waals surface area contributed by atoms with Gasteiger partial charge < -0.3 is 9.84 Å². The lowest BCUT2D eigenvalue weighted by atomic mass is 10.1. The largest absolute Gasteiger partial charge is 0.480 e. The number of hydrogen-bond donors (Lipinski definition) is 1. The Morgan fingerprint density at radius 2 is 1.86 bits per heavy atom. The molecule has 1 aliphatic rings. The molecule has 1 atom stereocenters. The van der Waals surface area contributed by atoms with Gasteiger partial charge in [-0.25, -0.2) is 0 Å². The van der Waals surface area contributed by atoms with Crippen molar-refractivity contribution in [2.45, 2.75) is 25.4 Å². The molecule has 0 spiro atoms. The fourth-order valence-corrected chi connectivity index (χ4v) is 2.86. The molecule has 1 N–H and O–H groups in total. The van der Waals surface area contributed by atoms with Crippen molar-refractivity contribution in [1.82, 2.24) is 4.90 Å². The first-order chi connectivity index (χ1) is 10.7. The fourth-order valence-electron chi connectivity index (χ4n) is 2.86. The van der Waals surface area contributed by atoms with Crippen molar-refractivity contribution in [3.05, 3.63) is 60.2 Å². The molecule has 0 unspecified atom stereocenters. The van der Waals surface area contributed by atoms with Gasteiger partial charge in [-0.3, -0.25) is 9.69 Å². The third-order valence-electron chi connectivity index (χ3n) is 3.97. The summed E-state index contributed by atoms with van der Waals surface area (Å²) >= 11 is 0. The van der Waals surface area contributed by atoms with Crippen LogP contribution in [0.3, 0.4) is 0 Å². The van der Waals surface area contributed by atoms with Crippen LogP contribution >= 0.6 is 0 Å². The lowest BCUT2D eigenvalue weighted by Gasteiger charge is -2.22. The zero-order chi connectivity index (χ0) is 15.4. The maximum absolute atomic E-state index is 11.3. The van der Waals surface area contributed by atoms with Crippen LogP contribution in [0.25, 0.3) is 0 Å². The zero-order valence-corrected chi connectivity index (χ0v) is 12.3. The Labute approximate surface area is 130 Å². The van der Waals surface area contributed by atoms with Gasteiger partial charge in [0.1, 0.15) is 17.5 Å². The van der Waals surface area contributed by atoms with Crippen molar-refractivity contribution in [1.29, 1.82) is 0 Å². The Morgan fingerprint density at radius 3 is 2.64 bits per heavy atom. The summed E-state index contributed by atoms with van der Waals surface area (Å²) in [6.07, 6.45) is 1.65. The molecule has 1 fully saturated rings. The van der Waals surface area contributed by atoms with E-state index < -0.39 is 5.97 Å². The number of aliphatic carboxylic acids is 1. The highest BCUT2D eigenvalue weighted by Crippen LogP contribution is 2.28. The van der Waals surface area contributed by atoms with Crippen LogP contribution in [0.4, 0.5) is 0 Å². The van der Waals surface area contributed by atoms with Crippen LogP contribution in [0.5, 0.6) is 11.5 Å². The molecule has 0 amide bonds. The molecule has 4 nitrogen and oxygen atoms in total. The number of para-hydroxylation sites is 2. The number of carboxylic acid groups (broad SMARTS) is 1. The van der Waals surface area contributed by atoms with Gasteiger partial charge in [0.15, 0.2) is 0 Å². The molecule has 1 heterocycles. The molecular weight excluding hydrogens is 278 g/mol. The highest BCUT2D eigenvalue weighted by Gasteiger charge is 2.30. The van der Waals surface area contributed by atoms with Gasteiger partial charge in [0.25, 0.3) is 0 Å². The van der Waals surface area contributed by atoms with Crippen molar-refractivity contribution in [2.24, 2.45) is 0 Å².